The number of carbonyl (C=O) groups excluding carboxylic acids is 1. The highest BCUT2D eigenvalue weighted by atomic mass is 32.2. The number of hydrogen-bond donors (Lipinski definition) is 2. The smallest absolute Gasteiger partial charge is 0.315 e. The monoisotopic (exact) mass is 503 g/mol. The van der Waals surface area contributed by atoms with Crippen molar-refractivity contribution < 1.29 is 35.9 Å². The van der Waals surface area contributed by atoms with Gasteiger partial charge in [0.05, 0.1) is 30.1 Å². The maximum atomic E-state index is 15.1. The number of nitrogens with zero attached hydrogens (tertiary/aromatic N) is 2. The lowest BCUT2D eigenvalue weighted by Crippen LogP contribution is -2.60. The van der Waals surface area contributed by atoms with Gasteiger partial charge >= 0.3 is 6.43 Å². The van der Waals surface area contributed by atoms with Crippen molar-refractivity contribution in [2.75, 3.05) is 19.8 Å². The molecule has 1 aliphatic heterocycles. The quantitative estimate of drug-likeness (QED) is 0.513. The molecule has 34 heavy (non-hydrogen) atoms. The van der Waals surface area contributed by atoms with Crippen molar-refractivity contribution in [3.8, 4) is 11.1 Å². The summed E-state index contributed by atoms with van der Waals surface area (Å²) in [5.41, 5.74) is -0.326. The minimum absolute atomic E-state index is 0.110. The molecule has 0 spiro atoms. The number of sulfonamides is 1. The number of benzene rings is 1. The molecule has 0 unspecified atom stereocenters. The van der Waals surface area contributed by atoms with Gasteiger partial charge in [-0.15, -0.1) is 0 Å². The van der Waals surface area contributed by atoms with Gasteiger partial charge in [-0.25, -0.2) is 17.2 Å². The van der Waals surface area contributed by atoms with Gasteiger partial charge < -0.3 is 10.4 Å². The molecule has 2 atom stereocenters. The van der Waals surface area contributed by atoms with Gasteiger partial charge in [-0.05, 0) is 31.0 Å². The first-order valence-corrected chi connectivity index (χ1v) is 12.0. The second-order valence-corrected chi connectivity index (χ2v) is 10.9. The van der Waals surface area contributed by atoms with Crippen LogP contribution in [0.1, 0.15) is 31.2 Å². The maximum absolute atomic E-state index is 15.1. The number of halogens is 4. The molecule has 7 nitrogen and oxygen atoms in total. The zero-order valence-electron chi connectivity index (χ0n) is 18.5. The number of carbonyl (C=O) groups is 1. The van der Waals surface area contributed by atoms with Crippen LogP contribution in [0.5, 0.6) is 0 Å². The van der Waals surface area contributed by atoms with E-state index >= 15 is 4.39 Å². The Morgan fingerprint density at radius 1 is 1.15 bits per heavy atom. The van der Waals surface area contributed by atoms with Crippen molar-refractivity contribution in [2.24, 2.45) is 0 Å². The Hall–Kier alpha value is -2.57. The van der Waals surface area contributed by atoms with E-state index in [-0.39, 0.29) is 24.3 Å². The fourth-order valence-corrected chi connectivity index (χ4v) is 4.90. The van der Waals surface area contributed by atoms with Crippen molar-refractivity contribution in [2.45, 2.75) is 43.3 Å². The highest BCUT2D eigenvalue weighted by Crippen LogP contribution is 2.38. The molecule has 0 aliphatic carbocycles. The molecule has 2 N–H and O–H groups in total. The van der Waals surface area contributed by atoms with Gasteiger partial charge in [0.1, 0.15) is 12.8 Å². The van der Waals surface area contributed by atoms with Crippen LogP contribution in [0.3, 0.4) is 0 Å². The number of hydrogen-bond acceptors (Lipinski definition) is 5. The second kappa shape index (κ2) is 9.96. The van der Waals surface area contributed by atoms with Crippen LogP contribution < -0.4 is 5.32 Å². The number of aliphatic hydroxyl groups excluding tert-OH is 1. The number of amides is 1. The average Bonchev–Trinajstić information content (AvgIpc) is 2.79. The predicted octanol–water partition coefficient (Wildman–Crippen LogP) is 2.72. The maximum Gasteiger partial charge on any atom is 0.315 e. The fourth-order valence-electron chi connectivity index (χ4n) is 3.54. The topological polar surface area (TPSA) is 99.6 Å². The molecule has 1 aliphatic rings. The van der Waals surface area contributed by atoms with Crippen LogP contribution in [0.15, 0.2) is 42.6 Å². The molecule has 1 fully saturated rings. The minimum Gasteiger partial charge on any atom is -0.386 e. The van der Waals surface area contributed by atoms with Crippen molar-refractivity contribution >= 4 is 15.9 Å². The Labute approximate surface area is 194 Å². The van der Waals surface area contributed by atoms with Crippen LogP contribution in [0.4, 0.5) is 17.6 Å². The van der Waals surface area contributed by atoms with E-state index in [9.17, 15) is 31.5 Å². The van der Waals surface area contributed by atoms with Gasteiger partial charge in [0.2, 0.25) is 10.0 Å². The van der Waals surface area contributed by atoms with E-state index in [1.165, 1.54) is 38.2 Å². The van der Waals surface area contributed by atoms with E-state index in [1.807, 2.05) is 0 Å². The van der Waals surface area contributed by atoms with E-state index < -0.39 is 52.1 Å². The van der Waals surface area contributed by atoms with Crippen LogP contribution in [0.25, 0.3) is 11.1 Å². The van der Waals surface area contributed by atoms with Crippen LogP contribution in [-0.2, 0) is 20.5 Å². The first-order valence-electron chi connectivity index (χ1n) is 10.5. The molecule has 186 valence electrons. The standard InChI is InChI=1S/C22H25F4N3O4S/c1-13(2)34(32,33)29-11-22(26,12-29)18-8-7-16(10-27-18)14-3-5-15(6-4-14)19(30)17(9-23)28-21(31)20(24)25/h3-8,10,13,17,19-20,30H,9,11-12H2,1-2H3,(H,28,31)/t17-,19+/m1/s1. The molecule has 0 bridgehead atoms. The normalized spacial score (nSPS) is 17.9. The molecular weight excluding hydrogens is 478 g/mol. The van der Waals surface area contributed by atoms with Crippen molar-refractivity contribution in [1.29, 1.82) is 0 Å². The summed E-state index contributed by atoms with van der Waals surface area (Å²) in [4.78, 5) is 15.2. The number of aromatic nitrogens is 1. The molecule has 0 saturated carbocycles. The Balaban J connectivity index is 1.68. The van der Waals surface area contributed by atoms with Gasteiger partial charge in [-0.1, -0.05) is 30.3 Å². The van der Waals surface area contributed by atoms with E-state index in [0.29, 0.717) is 11.1 Å². The third-order valence-corrected chi connectivity index (χ3v) is 7.86. The van der Waals surface area contributed by atoms with Crippen LogP contribution in [0.2, 0.25) is 0 Å². The second-order valence-electron chi connectivity index (χ2n) is 8.40. The lowest BCUT2D eigenvalue weighted by Gasteiger charge is -2.43. The van der Waals surface area contributed by atoms with Gasteiger partial charge in [0.25, 0.3) is 5.91 Å². The minimum atomic E-state index is -3.54. The number of alkyl halides is 4. The van der Waals surface area contributed by atoms with Gasteiger partial charge in [-0.2, -0.15) is 13.1 Å². The molecule has 1 amide bonds. The average molecular weight is 504 g/mol. The Morgan fingerprint density at radius 2 is 1.74 bits per heavy atom. The Morgan fingerprint density at radius 3 is 2.21 bits per heavy atom. The van der Waals surface area contributed by atoms with E-state index in [0.717, 1.165) is 4.31 Å². The van der Waals surface area contributed by atoms with Crippen molar-refractivity contribution in [1.82, 2.24) is 14.6 Å². The summed E-state index contributed by atoms with van der Waals surface area (Å²) >= 11 is 0. The first kappa shape index (κ1) is 26.0. The number of pyridine rings is 1. The molecule has 3 rings (SSSR count). The lowest BCUT2D eigenvalue weighted by molar-refractivity contribution is -0.133. The van der Waals surface area contributed by atoms with Crippen LogP contribution in [0, 0.1) is 0 Å². The third kappa shape index (κ3) is 5.23. The highest BCUT2D eigenvalue weighted by molar-refractivity contribution is 7.89. The van der Waals surface area contributed by atoms with Crippen molar-refractivity contribution in [3.05, 3.63) is 53.9 Å². The number of aliphatic hydroxyl groups is 1. The predicted molar refractivity (Wildman–Crippen MR) is 117 cm³/mol. The summed E-state index contributed by atoms with van der Waals surface area (Å²) in [5, 5.41) is 11.4. The van der Waals surface area contributed by atoms with E-state index in [4.69, 9.17) is 0 Å². The summed E-state index contributed by atoms with van der Waals surface area (Å²) in [6.07, 6.45) is -3.45. The lowest BCUT2D eigenvalue weighted by atomic mass is 9.93. The highest BCUT2D eigenvalue weighted by Gasteiger charge is 2.51. The van der Waals surface area contributed by atoms with Gasteiger partial charge in [-0.3, -0.25) is 9.78 Å². The fraction of sp³-hybridized carbons (Fsp3) is 0.455. The molecule has 1 aromatic carbocycles. The van der Waals surface area contributed by atoms with Crippen molar-refractivity contribution in [3.63, 3.8) is 0 Å². The van der Waals surface area contributed by atoms with E-state index in [1.54, 1.807) is 23.5 Å². The SMILES string of the molecule is CC(C)S(=O)(=O)N1CC(F)(c2ccc(-c3ccc([C@H](O)[C@@H](CF)NC(=O)C(F)F)cc3)cn2)C1. The third-order valence-electron chi connectivity index (χ3n) is 5.69. The molecule has 12 heteroatoms. The first-order chi connectivity index (χ1) is 15.9. The number of nitrogens with one attached hydrogen (secondary N) is 1. The molecule has 2 heterocycles. The summed E-state index contributed by atoms with van der Waals surface area (Å²) in [7, 11) is -3.54. The zero-order chi connectivity index (χ0) is 25.3. The Kier molecular flexibility index (Phi) is 7.63. The molecule has 1 aromatic heterocycles. The van der Waals surface area contributed by atoms with Gasteiger partial charge in [0, 0.05) is 11.8 Å². The summed E-state index contributed by atoms with van der Waals surface area (Å²) < 4.78 is 78.4. The largest absolute Gasteiger partial charge is 0.386 e. The zero-order valence-corrected chi connectivity index (χ0v) is 19.3. The summed E-state index contributed by atoms with van der Waals surface area (Å²) in [6.45, 7) is 1.21. The molecular formula is C22H25F4N3O4S. The summed E-state index contributed by atoms with van der Waals surface area (Å²) in [6, 6.07) is 7.59. The Bertz CT molecular complexity index is 1110. The molecule has 0 radical (unpaired) electrons. The summed E-state index contributed by atoms with van der Waals surface area (Å²) in [5.74, 6) is -1.67. The van der Waals surface area contributed by atoms with Gasteiger partial charge in [0.15, 0.2) is 5.67 Å². The van der Waals surface area contributed by atoms with Crippen LogP contribution in [-0.4, -0.2) is 66.2 Å². The number of rotatable bonds is 9. The van der Waals surface area contributed by atoms with E-state index in [2.05, 4.69) is 4.98 Å². The molecule has 2 aromatic rings. The molecule has 1 saturated heterocycles. The van der Waals surface area contributed by atoms with Crippen LogP contribution >= 0.6 is 0 Å².